The largest absolute Gasteiger partial charge is 0.458 e. The van der Waals surface area contributed by atoms with E-state index in [0.717, 1.165) is 76.3 Å². The van der Waals surface area contributed by atoms with Crippen LogP contribution in [-0.4, -0.2) is 366 Å². The third-order valence-electron chi connectivity index (χ3n) is 29.4. The third kappa shape index (κ3) is 23.0. The number of esters is 2. The molecule has 45 nitrogen and oxygen atoms in total. The van der Waals surface area contributed by atoms with Gasteiger partial charge in [0.25, 0.3) is 59.1 Å². The molecule has 766 valence electrons. The van der Waals surface area contributed by atoms with Crippen LogP contribution in [0.1, 0.15) is 260 Å². The van der Waals surface area contributed by atoms with E-state index in [0.29, 0.717) is 50.4 Å². The van der Waals surface area contributed by atoms with Gasteiger partial charge in [0, 0.05) is 58.5 Å². The maximum Gasteiger partial charge on any atom is 0.332 e. The zero-order chi connectivity index (χ0) is 101. The van der Waals surface area contributed by atoms with Crippen LogP contribution in [0.25, 0.3) is 0 Å². The van der Waals surface area contributed by atoms with Gasteiger partial charge in [-0.15, -0.1) is 0 Å². The lowest BCUT2D eigenvalue weighted by Gasteiger charge is -2.48. The number of hydrazine groups is 4. The zero-order valence-electron chi connectivity index (χ0n) is 81.9. The Labute approximate surface area is 788 Å². The fraction of sp³-hybridized carbons (Fsp3) is 0.844. The number of aliphatic hydroxyl groups excluding tert-OH is 1. The normalized spacial score (nSPS) is 36.3. The van der Waals surface area contributed by atoms with E-state index >= 15 is 9.59 Å². The summed E-state index contributed by atoms with van der Waals surface area (Å²) < 4.78 is 24.4. The zero-order valence-corrected chi connectivity index (χ0v) is 81.9. The molecule has 135 heavy (non-hydrogen) atoms. The highest BCUT2D eigenvalue weighted by atomic mass is 16.7. The van der Waals surface area contributed by atoms with Gasteiger partial charge in [0.1, 0.15) is 72.6 Å². The lowest BCUT2D eigenvalue weighted by Crippen LogP contribution is -2.70. The van der Waals surface area contributed by atoms with Gasteiger partial charge in [-0.2, -0.15) is 0 Å². The molecule has 17 N–H and O–H groups in total. The number of amides is 12. The van der Waals surface area contributed by atoms with Crippen LogP contribution in [0.5, 0.6) is 0 Å². The Morgan fingerprint density at radius 2 is 0.770 bits per heavy atom. The molecule has 45 heteroatoms. The second kappa shape index (κ2) is 44.6. The molecule has 0 spiro atoms. The van der Waals surface area contributed by atoms with Gasteiger partial charge in [-0.3, -0.25) is 98.4 Å². The van der Waals surface area contributed by atoms with Crippen LogP contribution in [-0.2, 0) is 86.1 Å². The number of rotatable bonds is 18. The minimum absolute atomic E-state index is 0.0101. The van der Waals surface area contributed by atoms with Crippen molar-refractivity contribution < 1.29 is 143 Å². The Morgan fingerprint density at radius 1 is 0.444 bits per heavy atom. The molecular formula is C90H152N16O29. The molecule has 0 saturated carbocycles. The molecule has 10 saturated heterocycles. The first-order valence-electron chi connectivity index (χ1n) is 48.3. The fourth-order valence-corrected chi connectivity index (χ4v) is 20.3. The van der Waals surface area contributed by atoms with Gasteiger partial charge >= 0.3 is 11.9 Å². The standard InChI is InChI=1S/C45H76N8O15.C45H76N8O14/c1-11-25(7)20-27-15-16-45(64,68-31(27)12-2)44(10,63)42(61)48-32-34(24(5)6)67-41(60)33(23(3)4)53(66)40(59)35-43(9,62)17-19-49(35)37(56)30-21-28(54)22-47-51(30)36(55)26(8)52(65)38(57)29-14-13-18-46-50(29)39(32)58;1-11-26(7)23-28-17-18-45(63,67-31(28)12-2)44(10,62)42(60)48-32-34(25(5)6)66-41(59)33(24(3)4)53(65)40(58)35-43(9,61)19-22-49(35)37(55)29-15-13-20-46-50(29)36(54)27(8)52(64)38(56)30-16-14-21-47-51(30)39(32)57/h23-35,46-47,54,62-66H,11-22H2,1-10H3,(H,48,61);24-35,46-47,61-65H,11-23H2,1-10H3,(H,48,60). The Kier molecular flexibility index (Phi) is 36.5. The van der Waals surface area contributed by atoms with E-state index in [2.05, 4.69) is 60.0 Å². The first-order chi connectivity index (χ1) is 62.9. The number of nitrogens with zero attached hydrogens (tertiary/aromatic N) is 10. The number of cyclic esters (lactones) is 2. The van der Waals surface area contributed by atoms with E-state index in [4.69, 9.17) is 18.9 Å². The number of ether oxygens (including phenoxy) is 4. The number of nitrogens with one attached hydrogen (secondary N) is 6. The van der Waals surface area contributed by atoms with Crippen molar-refractivity contribution in [2.24, 2.45) is 47.3 Å². The SMILES string of the molecule is CCC(C)CC1CCC(O)(C(C)(O)C(=O)NC2C(=O)N3NCCCC3C(=O)N(O)C(C)C(=O)N3NCC(O)CC3C(=O)N3CCC(C)(O)C3C(=O)N(O)C(C(C)C)C(=O)OC2C(C)C)OC1CC.CCC(C)CC1CCC(O)(C(C)(O)C(=O)NC2C(=O)N3NCCCC3C(=O)N(O)C(C)C(=O)N3NCCCC3C(=O)N3CCC(C)(O)C3C(=O)N(O)C(C(C)C)C(=O)OC2C(C)C)OC1CC. The van der Waals surface area contributed by atoms with Crippen molar-refractivity contribution in [1.82, 2.24) is 82.4 Å². The Bertz CT molecular complexity index is 4260. The molecule has 10 rings (SSSR count). The van der Waals surface area contributed by atoms with E-state index < -0.39 is 243 Å². The summed E-state index contributed by atoms with van der Waals surface area (Å²) in [6.07, 6.45) is -0.690. The topological polar surface area (TPSA) is 603 Å². The van der Waals surface area contributed by atoms with Crippen LogP contribution < -0.4 is 32.3 Å². The molecule has 10 fully saturated rings. The van der Waals surface area contributed by atoms with Crippen molar-refractivity contribution in [3.8, 4) is 0 Å². The van der Waals surface area contributed by atoms with Crippen molar-refractivity contribution in [3.05, 3.63) is 0 Å². The van der Waals surface area contributed by atoms with Crippen LogP contribution in [0, 0.1) is 47.3 Å². The highest BCUT2D eigenvalue weighted by Crippen LogP contribution is 2.45. The smallest absolute Gasteiger partial charge is 0.332 e. The van der Waals surface area contributed by atoms with Gasteiger partial charge in [0.05, 0.1) is 29.5 Å². The molecule has 10 heterocycles. The Hall–Kier alpha value is -8.10. The van der Waals surface area contributed by atoms with Gasteiger partial charge in [-0.05, 0) is 179 Å². The minimum Gasteiger partial charge on any atom is -0.458 e. The van der Waals surface area contributed by atoms with Gasteiger partial charge in [-0.25, -0.2) is 51.5 Å². The van der Waals surface area contributed by atoms with Gasteiger partial charge in [-0.1, -0.05) is 110 Å². The van der Waals surface area contributed by atoms with E-state index in [1.165, 1.54) is 62.3 Å². The van der Waals surface area contributed by atoms with Crippen molar-refractivity contribution in [2.75, 3.05) is 39.3 Å². The Balaban J connectivity index is 0.000000303. The molecule has 27 unspecified atom stereocenters. The average Bonchev–Trinajstić information content (AvgIpc) is 1.59. The third-order valence-corrected chi connectivity index (χ3v) is 29.4. The molecular weight excluding hydrogens is 1770 g/mol. The molecule has 10 aliphatic rings. The molecule has 0 aromatic rings. The summed E-state index contributed by atoms with van der Waals surface area (Å²) in [6, 6.07) is -20.7. The second-order valence-corrected chi connectivity index (χ2v) is 41.0. The molecule has 0 aromatic carbocycles. The second-order valence-electron chi connectivity index (χ2n) is 41.0. The van der Waals surface area contributed by atoms with E-state index in [1.54, 1.807) is 13.8 Å². The van der Waals surface area contributed by atoms with Crippen molar-refractivity contribution in [1.29, 1.82) is 0 Å². The molecule has 27 atom stereocenters. The van der Waals surface area contributed by atoms with Crippen LogP contribution >= 0.6 is 0 Å². The summed E-state index contributed by atoms with van der Waals surface area (Å²) in [5, 5.41) is 137. The first kappa shape index (κ1) is 111. The number of hydrogen-bond donors (Lipinski definition) is 17. The number of carbonyl (C=O) groups is 14. The maximum absolute atomic E-state index is 15.1. The number of hydrogen-bond acceptors (Lipinski definition) is 33. The van der Waals surface area contributed by atoms with Crippen molar-refractivity contribution in [3.63, 3.8) is 0 Å². The monoisotopic (exact) mass is 1920 g/mol. The quantitative estimate of drug-likeness (QED) is 0.0614. The van der Waals surface area contributed by atoms with Gasteiger partial charge < -0.3 is 75.1 Å². The molecule has 0 radical (unpaired) electrons. The lowest BCUT2D eigenvalue weighted by molar-refractivity contribution is -0.329. The summed E-state index contributed by atoms with van der Waals surface area (Å²) in [7, 11) is 0. The summed E-state index contributed by atoms with van der Waals surface area (Å²) in [4.78, 5) is 205. The number of aliphatic hydroxyl groups is 7. The average molecular weight is 1920 g/mol. The summed E-state index contributed by atoms with van der Waals surface area (Å²) >= 11 is 0. The molecule has 0 aliphatic carbocycles. The van der Waals surface area contributed by atoms with Crippen molar-refractivity contribution in [2.45, 2.75) is 397 Å². The predicted octanol–water partition coefficient (Wildman–Crippen LogP) is -0.378. The van der Waals surface area contributed by atoms with Crippen LogP contribution in [0.15, 0.2) is 0 Å². The maximum atomic E-state index is 15.1. The van der Waals surface area contributed by atoms with E-state index in [1.807, 2.05) is 13.8 Å². The molecule has 10 aliphatic heterocycles. The lowest BCUT2D eigenvalue weighted by atomic mass is 9.78. The predicted molar refractivity (Wildman–Crippen MR) is 473 cm³/mol. The van der Waals surface area contributed by atoms with Crippen LogP contribution in [0.3, 0.4) is 0 Å². The number of hydroxylamine groups is 8. The van der Waals surface area contributed by atoms with Crippen LogP contribution in [0.2, 0.25) is 0 Å². The first-order valence-corrected chi connectivity index (χ1v) is 48.3. The van der Waals surface area contributed by atoms with E-state index in [9.17, 15) is 114 Å². The molecule has 0 bridgehead atoms. The Morgan fingerprint density at radius 3 is 1.10 bits per heavy atom. The minimum atomic E-state index is -2.76. The number of β-amino-alcohol motifs (C(OH)–C–C–N with tert-alkyl or cyclic N) is 1. The number of fused-ring (bicyclic) bond motifs is 6. The van der Waals surface area contributed by atoms with E-state index in [-0.39, 0.29) is 129 Å². The highest BCUT2D eigenvalue weighted by molar-refractivity contribution is 6.01. The fourth-order valence-electron chi connectivity index (χ4n) is 20.3. The van der Waals surface area contributed by atoms with Crippen LogP contribution in [0.4, 0.5) is 0 Å². The number of carbonyl (C=O) groups excluding carboxylic acids is 14. The molecule has 0 aromatic heterocycles. The van der Waals surface area contributed by atoms with Crippen molar-refractivity contribution >= 4 is 82.8 Å². The highest BCUT2D eigenvalue weighted by Gasteiger charge is 2.63. The van der Waals surface area contributed by atoms with Gasteiger partial charge in [0.15, 0.2) is 23.3 Å². The van der Waals surface area contributed by atoms with Gasteiger partial charge in [0.2, 0.25) is 23.4 Å². The summed E-state index contributed by atoms with van der Waals surface area (Å²) in [5.41, 5.74) is 1.73. The summed E-state index contributed by atoms with van der Waals surface area (Å²) in [5.74, 6) is -23.7. The summed E-state index contributed by atoms with van der Waals surface area (Å²) in [6.45, 7) is 30.9. The molecule has 12 amide bonds.